The number of piperidine rings is 3. The normalized spacial score (nSPS) is 19.8. The van der Waals surface area contributed by atoms with E-state index in [4.69, 9.17) is 0 Å². The fraction of sp³-hybridized carbons (Fsp3) is 0.319. The maximum atomic E-state index is 14.0. The maximum absolute atomic E-state index is 14.0. The molecule has 0 spiro atoms. The summed E-state index contributed by atoms with van der Waals surface area (Å²) in [7, 11) is 3.45. The first-order valence-corrected chi connectivity index (χ1v) is 36.6. The fourth-order valence-electron chi connectivity index (χ4n) is 15.8. The van der Waals surface area contributed by atoms with Gasteiger partial charge in [0.25, 0.3) is 0 Å². The number of ketones is 6. The van der Waals surface area contributed by atoms with Crippen LogP contribution in [-0.4, -0.2) is 155 Å². The van der Waals surface area contributed by atoms with E-state index in [9.17, 15) is 48.6 Å². The molecular formula is C91H98N4O10. The molecule has 3 aliphatic rings. The minimum absolute atomic E-state index is 0.00868. The van der Waals surface area contributed by atoms with Gasteiger partial charge in [-0.25, -0.2) is 0 Å². The first-order chi connectivity index (χ1) is 50.6. The summed E-state index contributed by atoms with van der Waals surface area (Å²) in [6, 6.07) is 73.1. The van der Waals surface area contributed by atoms with E-state index in [1.807, 2.05) is 242 Å². The summed E-state index contributed by atoms with van der Waals surface area (Å²) < 4.78 is 0. The van der Waals surface area contributed by atoms with Gasteiger partial charge in [0.1, 0.15) is 0 Å². The summed E-state index contributed by atoms with van der Waals surface area (Å²) in [5.41, 5.74) is 13.4. The number of carbonyl (C=O) groups excluding carboxylic acids is 8. The summed E-state index contributed by atoms with van der Waals surface area (Å²) in [5.74, 6) is -4.06. The number of benzene rings is 9. The van der Waals surface area contributed by atoms with Crippen LogP contribution >= 0.6 is 0 Å². The average Bonchev–Trinajstić information content (AvgIpc) is 0.770. The number of Topliss-reactive ketones (excluding diaryl/α,β-unsaturated/α-hetero) is 6. The van der Waals surface area contributed by atoms with E-state index in [1.165, 1.54) is 0 Å². The van der Waals surface area contributed by atoms with Crippen LogP contribution in [0.3, 0.4) is 0 Å². The molecule has 3 fully saturated rings. The average molecular weight is 1410 g/mol. The van der Waals surface area contributed by atoms with Crippen LogP contribution in [0.2, 0.25) is 0 Å². The molecule has 2 amide bonds. The molecule has 3 heterocycles. The number of likely N-dealkylation sites (tertiary alicyclic amines) is 3. The van der Waals surface area contributed by atoms with Crippen molar-refractivity contribution in [2.45, 2.75) is 78.7 Å². The Balaban J connectivity index is 0.000000169. The second-order valence-corrected chi connectivity index (χ2v) is 28.6. The third-order valence-electron chi connectivity index (χ3n) is 22.0. The zero-order valence-electron chi connectivity index (χ0n) is 61.8. The van der Waals surface area contributed by atoms with Crippen molar-refractivity contribution in [3.8, 4) is 0 Å². The molecule has 2 unspecified atom stereocenters. The lowest BCUT2D eigenvalue weighted by molar-refractivity contribution is -0.133. The van der Waals surface area contributed by atoms with Crippen molar-refractivity contribution in [3.63, 3.8) is 0 Å². The Labute approximate surface area is 618 Å². The maximum Gasteiger partial charge on any atom is 0.236 e. The smallest absolute Gasteiger partial charge is 0.236 e. The van der Waals surface area contributed by atoms with E-state index in [0.717, 1.165) is 50.1 Å². The van der Waals surface area contributed by atoms with E-state index in [1.54, 1.807) is 23.9 Å². The number of aliphatic hydroxyl groups excluding tert-OH is 2. The van der Waals surface area contributed by atoms with Gasteiger partial charge in [-0.3, -0.25) is 48.2 Å². The number of aliphatic hydroxyl groups is 2. The summed E-state index contributed by atoms with van der Waals surface area (Å²) in [4.78, 5) is 116. The summed E-state index contributed by atoms with van der Waals surface area (Å²) in [5, 5.41) is 19.9. The predicted molar refractivity (Wildman–Crippen MR) is 413 cm³/mol. The highest BCUT2D eigenvalue weighted by atomic mass is 16.3. The molecule has 2 N–H and O–H groups in total. The number of rotatable bonds is 21. The molecule has 0 radical (unpaired) electrons. The largest absolute Gasteiger partial charge is 0.395 e. The van der Waals surface area contributed by atoms with Gasteiger partial charge in [0.05, 0.1) is 25.8 Å². The van der Waals surface area contributed by atoms with Gasteiger partial charge < -0.3 is 20.0 Å². The Morgan fingerprint density at radius 2 is 0.600 bits per heavy atom. The van der Waals surface area contributed by atoms with E-state index < -0.39 is 41.5 Å². The lowest BCUT2D eigenvalue weighted by Gasteiger charge is -2.45. The van der Waals surface area contributed by atoms with E-state index in [0.29, 0.717) is 79.1 Å². The number of aryl methyl sites for hydroxylation is 3. The van der Waals surface area contributed by atoms with Crippen LogP contribution in [0.5, 0.6) is 0 Å². The van der Waals surface area contributed by atoms with Crippen molar-refractivity contribution < 1.29 is 48.6 Å². The van der Waals surface area contributed by atoms with Gasteiger partial charge in [-0.05, 0) is 91.6 Å². The summed E-state index contributed by atoms with van der Waals surface area (Å²) in [6.45, 7) is 16.0. The van der Waals surface area contributed by atoms with Crippen LogP contribution in [0.25, 0.3) is 0 Å². The quantitative estimate of drug-likeness (QED) is 0.0649. The van der Waals surface area contributed by atoms with E-state index in [2.05, 4.69) is 52.8 Å². The van der Waals surface area contributed by atoms with Gasteiger partial charge in [0.15, 0.2) is 34.7 Å². The van der Waals surface area contributed by atoms with Crippen LogP contribution in [0.1, 0.15) is 143 Å². The van der Waals surface area contributed by atoms with Crippen molar-refractivity contribution >= 4 is 46.5 Å². The minimum Gasteiger partial charge on any atom is -0.395 e. The molecule has 9 aromatic rings. The molecule has 9 aromatic carbocycles. The first-order valence-electron chi connectivity index (χ1n) is 36.6. The topological polar surface area (TPSA) is 190 Å². The SMILES string of the molecule is CCC(=O)N1C[C@H](C(=O)c2ccccc2)C(c2cccc(C)c2C)[C@H](C(=O)c2ccccc2)C1.Cc1cccc(C2[C@@H](C(=O)c3ccccc3)CN(C(CO)CO)C[C@H]2C(=O)c2ccccc2)c1C.Cc1cccc(C2[C@@H](C(=O)c3ccccc3)CN(CC(=O)N(C)C)C[C@@H]2C(=O)c2ccccc2)c1C. The van der Waals surface area contributed by atoms with Crippen molar-refractivity contribution in [1.82, 2.24) is 19.6 Å². The molecule has 0 aliphatic carbocycles. The van der Waals surface area contributed by atoms with Gasteiger partial charge in [0.2, 0.25) is 11.8 Å². The number of nitrogens with zero attached hydrogens (tertiary/aromatic N) is 4. The Hall–Kier alpha value is -10.2. The van der Waals surface area contributed by atoms with Crippen LogP contribution in [0.15, 0.2) is 237 Å². The Morgan fingerprint density at radius 3 is 0.838 bits per heavy atom. The van der Waals surface area contributed by atoms with E-state index >= 15 is 0 Å². The van der Waals surface area contributed by atoms with Gasteiger partial charge in [-0.1, -0.05) is 244 Å². The Morgan fingerprint density at radius 1 is 0.352 bits per heavy atom. The van der Waals surface area contributed by atoms with Gasteiger partial charge in [-0.2, -0.15) is 0 Å². The van der Waals surface area contributed by atoms with Crippen molar-refractivity contribution in [2.75, 3.05) is 73.1 Å². The number of hydrogen-bond acceptors (Lipinski definition) is 12. The van der Waals surface area contributed by atoms with Crippen LogP contribution in [-0.2, 0) is 9.59 Å². The highest BCUT2D eigenvalue weighted by Gasteiger charge is 2.50. The van der Waals surface area contributed by atoms with Crippen LogP contribution in [0.4, 0.5) is 0 Å². The van der Waals surface area contributed by atoms with Crippen molar-refractivity contribution in [2.24, 2.45) is 35.5 Å². The Kier molecular flexibility index (Phi) is 26.5. The third kappa shape index (κ3) is 18.0. The van der Waals surface area contributed by atoms with Crippen molar-refractivity contribution in [1.29, 1.82) is 0 Å². The third-order valence-corrected chi connectivity index (χ3v) is 22.0. The van der Waals surface area contributed by atoms with Gasteiger partial charge in [0, 0.05) is 146 Å². The molecule has 3 saturated heterocycles. The fourth-order valence-corrected chi connectivity index (χ4v) is 15.8. The lowest BCUT2D eigenvalue weighted by atomic mass is 9.67. The Bertz CT molecular complexity index is 4310. The zero-order chi connectivity index (χ0) is 75.0. The van der Waals surface area contributed by atoms with Gasteiger partial charge >= 0.3 is 0 Å². The predicted octanol–water partition coefficient (Wildman–Crippen LogP) is 14.5. The van der Waals surface area contributed by atoms with Crippen LogP contribution < -0.4 is 0 Å². The highest BCUT2D eigenvalue weighted by Crippen LogP contribution is 2.46. The number of likely N-dealkylation sites (N-methyl/N-ethyl adjacent to an activating group) is 1. The number of amides is 2. The van der Waals surface area contributed by atoms with Crippen LogP contribution in [0, 0.1) is 77.0 Å². The number of carbonyl (C=O) groups is 8. The molecule has 0 saturated carbocycles. The molecule has 3 aliphatic heterocycles. The molecule has 0 aromatic heterocycles. The second kappa shape index (κ2) is 36.0. The van der Waals surface area contributed by atoms with Crippen molar-refractivity contribution in [3.05, 3.63) is 320 Å². The molecule has 12 rings (SSSR count). The standard InChI is InChI=1S/C31H34N2O3.C30H33NO4.C30H31NO3/c1-21-12-11-17-25(22(21)2)29-26(30(35)23-13-7-5-8-14-23)18-33(20-28(34)32(3)4)19-27(29)31(36)24-15-9-6-10-16-24;1-20-10-9-15-25(21(20)2)28-26(29(34)22-11-5-3-6-12-22)16-31(24(18-32)19-33)17-27(28)30(35)23-13-7-4-8-14-23;1-4-27(32)31-18-25(29(33)22-13-7-5-8-14-22)28(24-17-11-12-20(2)21(24)3)26(19-31)30(34)23-15-9-6-10-16-23/h5-17,26-27,29H,18-20H2,1-4H3;3-15,24,26-28,32-33H,16-19H2,1-2H3;5-17,25-26,28H,4,18-19H2,1-3H3/t26-,27-;26-,27+,28?;25-,26+,28?/m0../s1. The molecule has 8 atom stereocenters. The molecule has 0 bridgehead atoms. The molecular weight excluding hydrogens is 1310 g/mol. The highest BCUT2D eigenvalue weighted by molar-refractivity contribution is 6.05. The second-order valence-electron chi connectivity index (χ2n) is 28.6. The lowest BCUT2D eigenvalue weighted by Crippen LogP contribution is -2.55. The number of hydrogen-bond donors (Lipinski definition) is 2. The molecule has 14 nitrogen and oxygen atoms in total. The summed E-state index contributed by atoms with van der Waals surface area (Å²) >= 11 is 0. The van der Waals surface area contributed by atoms with E-state index in [-0.39, 0.29) is 84.0 Å². The molecule has 542 valence electrons. The first kappa shape index (κ1) is 77.4. The summed E-state index contributed by atoms with van der Waals surface area (Å²) in [6.07, 6.45) is 0.340. The monoisotopic (exact) mass is 1410 g/mol. The molecule has 105 heavy (non-hydrogen) atoms. The molecule has 14 heteroatoms. The zero-order valence-corrected chi connectivity index (χ0v) is 61.8. The van der Waals surface area contributed by atoms with Gasteiger partial charge in [-0.15, -0.1) is 0 Å². The minimum atomic E-state index is -0.535.